The number of nitrogens with zero attached hydrogens (tertiary/aromatic N) is 1. The van der Waals surface area contributed by atoms with Gasteiger partial charge in [-0.25, -0.2) is 4.57 Å². The first kappa shape index (κ1) is 80.0. The molecule has 0 aliphatic carbocycles. The summed E-state index contributed by atoms with van der Waals surface area (Å²) in [6.07, 6.45) is 76.6. The zero-order valence-corrected chi connectivity index (χ0v) is 56.2. The van der Waals surface area contributed by atoms with Gasteiger partial charge in [0.1, 0.15) is 19.8 Å². The molecule has 0 fully saturated rings. The Kier molecular flexibility index (Phi) is 62.7. The summed E-state index contributed by atoms with van der Waals surface area (Å²) in [7, 11) is 1.51. The second-order valence-corrected chi connectivity index (χ2v) is 27.8. The van der Waals surface area contributed by atoms with Crippen molar-refractivity contribution in [3.8, 4) is 0 Å². The van der Waals surface area contributed by atoms with Crippen LogP contribution in [0.3, 0.4) is 0 Å². The number of carbonyl (C=O) groups excluding carboxylic acids is 2. The molecule has 9 nitrogen and oxygen atoms in total. The SMILES string of the molecule is CCCCCCCCCCCCCCCCCCCCCCCCCCCCCCCCCCCCCC(=O)OC(COC(=O)CCCCCCCCCCCCCCCCCCCCCCCC)COP(=O)(O)OCC[N+](C)(C)C. The average Bonchev–Trinajstić information content (AvgIpc) is 3.43. The van der Waals surface area contributed by atoms with Crippen molar-refractivity contribution in [2.75, 3.05) is 47.5 Å². The zero-order valence-electron chi connectivity index (χ0n) is 55.3. The third-order valence-electron chi connectivity index (χ3n) is 16.9. The van der Waals surface area contributed by atoms with Crippen LogP contribution in [-0.4, -0.2) is 74.9 Å². The monoisotopic (exact) mass is 1170 g/mol. The molecule has 0 aliphatic heterocycles. The Morgan fingerprint density at radius 1 is 0.333 bits per heavy atom. The van der Waals surface area contributed by atoms with E-state index in [1.807, 2.05) is 21.1 Å². The van der Waals surface area contributed by atoms with E-state index in [0.717, 1.165) is 38.5 Å². The maximum atomic E-state index is 12.9. The Balaban J connectivity index is 3.91. The highest BCUT2D eigenvalue weighted by atomic mass is 31.2. The normalized spacial score (nSPS) is 13.0. The first-order valence-corrected chi connectivity index (χ1v) is 37.8. The predicted octanol–water partition coefficient (Wildman–Crippen LogP) is 23.3. The molecule has 81 heavy (non-hydrogen) atoms. The van der Waals surface area contributed by atoms with Gasteiger partial charge < -0.3 is 18.9 Å². The molecule has 0 bridgehead atoms. The van der Waals surface area contributed by atoms with Crippen LogP contribution in [0.5, 0.6) is 0 Å². The molecule has 1 N–H and O–H groups in total. The summed E-state index contributed by atoms with van der Waals surface area (Å²) in [4.78, 5) is 35.9. The zero-order chi connectivity index (χ0) is 59.1. The standard InChI is InChI=1S/C71H142NO8P/c1-6-8-10-12-14-16-18-20-22-24-26-28-30-31-32-33-34-35-36-37-38-39-40-41-42-44-46-48-50-52-54-56-58-60-62-64-71(74)80-69(68-79-81(75,76)78-66-65-72(3,4)5)67-77-70(73)63-61-59-57-55-53-51-49-47-45-43-29-27-25-23-21-19-17-15-13-11-9-7-2/h69H,6-68H2,1-5H3/p+1. The average molecular weight is 1170 g/mol. The van der Waals surface area contributed by atoms with Gasteiger partial charge in [0.15, 0.2) is 6.10 Å². The first-order valence-electron chi connectivity index (χ1n) is 36.3. The van der Waals surface area contributed by atoms with E-state index in [9.17, 15) is 19.0 Å². The predicted molar refractivity (Wildman–Crippen MR) is 349 cm³/mol. The van der Waals surface area contributed by atoms with Crippen LogP contribution >= 0.6 is 7.82 Å². The van der Waals surface area contributed by atoms with Crippen LogP contribution in [0.4, 0.5) is 0 Å². The van der Waals surface area contributed by atoms with Gasteiger partial charge in [-0.2, -0.15) is 0 Å². The first-order chi connectivity index (χ1) is 39.5. The number of rotatable bonds is 69. The number of hydrogen-bond acceptors (Lipinski definition) is 7. The highest BCUT2D eigenvalue weighted by Crippen LogP contribution is 2.43. The van der Waals surface area contributed by atoms with Crippen LogP contribution in [0, 0.1) is 0 Å². The fourth-order valence-electron chi connectivity index (χ4n) is 11.3. The van der Waals surface area contributed by atoms with Crippen molar-refractivity contribution >= 4 is 19.8 Å². The number of ether oxygens (including phenoxy) is 2. The van der Waals surface area contributed by atoms with Gasteiger partial charge in [0, 0.05) is 12.8 Å². The van der Waals surface area contributed by atoms with E-state index in [-0.39, 0.29) is 25.6 Å². The Hall–Kier alpha value is -0.990. The van der Waals surface area contributed by atoms with Crippen molar-refractivity contribution in [1.82, 2.24) is 0 Å². The number of phosphoric acid groups is 1. The van der Waals surface area contributed by atoms with Crippen molar-refractivity contribution in [2.24, 2.45) is 0 Å². The third-order valence-corrected chi connectivity index (χ3v) is 17.9. The van der Waals surface area contributed by atoms with Crippen LogP contribution in [0.1, 0.15) is 393 Å². The molecular weight excluding hydrogens is 1030 g/mol. The maximum absolute atomic E-state index is 12.9. The Bertz CT molecular complexity index is 1330. The lowest BCUT2D eigenvalue weighted by molar-refractivity contribution is -0.870. The smallest absolute Gasteiger partial charge is 0.462 e. The van der Waals surface area contributed by atoms with Crippen LogP contribution in [0.2, 0.25) is 0 Å². The summed E-state index contributed by atoms with van der Waals surface area (Å²) in [6, 6.07) is 0. The van der Waals surface area contributed by atoms with E-state index in [4.69, 9.17) is 18.5 Å². The van der Waals surface area contributed by atoms with Gasteiger partial charge in [-0.3, -0.25) is 18.6 Å². The topological polar surface area (TPSA) is 108 Å². The molecular formula is C71H143NO8P+. The highest BCUT2D eigenvalue weighted by molar-refractivity contribution is 7.47. The molecule has 0 aliphatic rings. The number of hydrogen-bond donors (Lipinski definition) is 1. The van der Waals surface area contributed by atoms with Crippen LogP contribution in [0.15, 0.2) is 0 Å². The van der Waals surface area contributed by atoms with Crippen molar-refractivity contribution in [2.45, 2.75) is 399 Å². The number of likely N-dealkylation sites (N-methyl/N-ethyl adjacent to an activating group) is 1. The number of quaternary nitrogens is 1. The molecule has 0 spiro atoms. The Labute approximate surface area is 505 Å². The van der Waals surface area contributed by atoms with Gasteiger partial charge in [0.25, 0.3) is 0 Å². The fourth-order valence-corrected chi connectivity index (χ4v) is 12.1. The minimum Gasteiger partial charge on any atom is -0.462 e. The van der Waals surface area contributed by atoms with Crippen molar-refractivity contribution in [1.29, 1.82) is 0 Å². The van der Waals surface area contributed by atoms with Crippen LogP contribution in [0.25, 0.3) is 0 Å². The van der Waals surface area contributed by atoms with Crippen LogP contribution < -0.4 is 0 Å². The van der Waals surface area contributed by atoms with Crippen molar-refractivity contribution < 1.29 is 42.1 Å². The second kappa shape index (κ2) is 63.5. The van der Waals surface area contributed by atoms with E-state index in [1.165, 1.54) is 327 Å². The molecule has 0 rings (SSSR count). The molecule has 0 saturated heterocycles. The van der Waals surface area contributed by atoms with E-state index in [0.29, 0.717) is 17.4 Å². The summed E-state index contributed by atoms with van der Waals surface area (Å²) in [5, 5.41) is 0. The molecule has 0 aromatic heterocycles. The van der Waals surface area contributed by atoms with Crippen molar-refractivity contribution in [3.63, 3.8) is 0 Å². The molecule has 0 aromatic carbocycles. The second-order valence-electron chi connectivity index (χ2n) is 26.4. The van der Waals surface area contributed by atoms with E-state index in [1.54, 1.807) is 0 Å². The molecule has 0 radical (unpaired) electrons. The lowest BCUT2D eigenvalue weighted by Gasteiger charge is -2.24. The molecule has 0 aromatic rings. The van der Waals surface area contributed by atoms with Gasteiger partial charge in [-0.1, -0.05) is 367 Å². The molecule has 0 heterocycles. The minimum atomic E-state index is -4.38. The largest absolute Gasteiger partial charge is 0.472 e. The van der Waals surface area contributed by atoms with Gasteiger partial charge in [0.05, 0.1) is 27.7 Å². The number of carbonyl (C=O) groups is 2. The van der Waals surface area contributed by atoms with E-state index < -0.39 is 26.5 Å². The van der Waals surface area contributed by atoms with Crippen LogP contribution in [-0.2, 0) is 32.7 Å². The summed E-state index contributed by atoms with van der Waals surface area (Å²) in [5.74, 6) is -0.767. The summed E-state index contributed by atoms with van der Waals surface area (Å²) < 4.78 is 34.7. The molecule has 0 amide bonds. The van der Waals surface area contributed by atoms with Crippen molar-refractivity contribution in [3.05, 3.63) is 0 Å². The molecule has 10 heteroatoms. The fraction of sp³-hybridized carbons (Fsp3) is 0.972. The molecule has 0 saturated carbocycles. The summed E-state index contributed by atoms with van der Waals surface area (Å²) >= 11 is 0. The highest BCUT2D eigenvalue weighted by Gasteiger charge is 2.27. The summed E-state index contributed by atoms with van der Waals surface area (Å²) in [6.45, 7) is 4.53. The van der Waals surface area contributed by atoms with E-state index in [2.05, 4.69) is 13.8 Å². The lowest BCUT2D eigenvalue weighted by Crippen LogP contribution is -2.37. The molecule has 2 atom stereocenters. The Morgan fingerprint density at radius 3 is 0.790 bits per heavy atom. The van der Waals surface area contributed by atoms with Gasteiger partial charge in [-0.15, -0.1) is 0 Å². The molecule has 484 valence electrons. The number of unbranched alkanes of at least 4 members (excludes halogenated alkanes) is 55. The Morgan fingerprint density at radius 2 is 0.556 bits per heavy atom. The maximum Gasteiger partial charge on any atom is 0.472 e. The summed E-state index contributed by atoms with van der Waals surface area (Å²) in [5.41, 5.74) is 0. The number of esters is 2. The third kappa shape index (κ3) is 68.0. The lowest BCUT2D eigenvalue weighted by atomic mass is 10.0. The van der Waals surface area contributed by atoms with E-state index >= 15 is 0 Å². The number of phosphoric ester groups is 1. The molecule has 2 unspecified atom stereocenters. The van der Waals surface area contributed by atoms with Gasteiger partial charge in [-0.05, 0) is 12.8 Å². The minimum absolute atomic E-state index is 0.0377. The van der Waals surface area contributed by atoms with Gasteiger partial charge in [0.2, 0.25) is 0 Å². The quantitative estimate of drug-likeness (QED) is 0.0278. The van der Waals surface area contributed by atoms with Gasteiger partial charge >= 0.3 is 19.8 Å².